The molecule has 1 heteroatoms. The summed E-state index contributed by atoms with van der Waals surface area (Å²) in [6.45, 7) is 3.26. The normalized spacial score (nSPS) is 18.6. The molecular formula is C13H17N. The predicted molar refractivity (Wildman–Crippen MR) is 61.1 cm³/mol. The first-order valence-electron chi connectivity index (χ1n) is 5.25. The molecule has 0 bridgehead atoms. The van der Waals surface area contributed by atoms with Crippen molar-refractivity contribution in [2.45, 2.75) is 25.3 Å². The lowest BCUT2D eigenvalue weighted by Gasteiger charge is -2.07. The summed E-state index contributed by atoms with van der Waals surface area (Å²) < 4.78 is 0. The quantitative estimate of drug-likeness (QED) is 0.764. The number of hydrogen-bond donors (Lipinski definition) is 1. The molecule has 0 saturated heterocycles. The number of benzene rings is 1. The van der Waals surface area contributed by atoms with Gasteiger partial charge in [-0.1, -0.05) is 42.5 Å². The fourth-order valence-corrected chi connectivity index (χ4v) is 1.43. The van der Waals surface area contributed by atoms with E-state index in [0.717, 1.165) is 6.54 Å². The summed E-state index contributed by atoms with van der Waals surface area (Å²) in [6.07, 6.45) is 7.01. The van der Waals surface area contributed by atoms with Gasteiger partial charge in [0.1, 0.15) is 0 Å². The van der Waals surface area contributed by atoms with Gasteiger partial charge < -0.3 is 5.32 Å². The van der Waals surface area contributed by atoms with Crippen LogP contribution in [0.4, 0.5) is 0 Å². The van der Waals surface area contributed by atoms with Crippen LogP contribution in [-0.4, -0.2) is 12.1 Å². The van der Waals surface area contributed by atoms with Crippen LogP contribution in [0, 0.1) is 0 Å². The second-order valence-corrected chi connectivity index (χ2v) is 4.25. The SMILES string of the molecule is CC1(NC/C=C/c2ccccc2)CC1. The van der Waals surface area contributed by atoms with E-state index >= 15 is 0 Å². The molecule has 74 valence electrons. The van der Waals surface area contributed by atoms with Crippen molar-refractivity contribution in [2.75, 3.05) is 6.54 Å². The lowest BCUT2D eigenvalue weighted by Crippen LogP contribution is -2.27. The van der Waals surface area contributed by atoms with E-state index < -0.39 is 0 Å². The Hall–Kier alpha value is -1.08. The van der Waals surface area contributed by atoms with Crippen LogP contribution < -0.4 is 5.32 Å². The zero-order valence-corrected chi connectivity index (χ0v) is 8.66. The van der Waals surface area contributed by atoms with Gasteiger partial charge in [0, 0.05) is 12.1 Å². The highest BCUT2D eigenvalue weighted by Crippen LogP contribution is 2.33. The molecule has 14 heavy (non-hydrogen) atoms. The van der Waals surface area contributed by atoms with Crippen LogP contribution in [-0.2, 0) is 0 Å². The average molecular weight is 187 g/mol. The lowest BCUT2D eigenvalue weighted by atomic mass is 10.2. The summed E-state index contributed by atoms with van der Waals surface area (Å²) in [5, 5.41) is 3.52. The standard InChI is InChI=1S/C13H17N/c1-13(9-10-13)14-11-5-8-12-6-3-2-4-7-12/h2-8,14H,9-11H2,1H3/b8-5+. The molecule has 1 nitrogen and oxygen atoms in total. The van der Waals surface area contributed by atoms with Gasteiger partial charge in [-0.15, -0.1) is 0 Å². The molecule has 1 aliphatic carbocycles. The zero-order valence-electron chi connectivity index (χ0n) is 8.66. The topological polar surface area (TPSA) is 12.0 Å². The molecule has 2 rings (SSSR count). The predicted octanol–water partition coefficient (Wildman–Crippen LogP) is 2.84. The van der Waals surface area contributed by atoms with Crippen molar-refractivity contribution >= 4 is 6.08 Å². The summed E-state index contributed by atoms with van der Waals surface area (Å²) in [5.41, 5.74) is 1.72. The van der Waals surface area contributed by atoms with Crippen LogP contribution in [0.1, 0.15) is 25.3 Å². The Morgan fingerprint density at radius 2 is 2.00 bits per heavy atom. The molecule has 0 aliphatic heterocycles. The van der Waals surface area contributed by atoms with Crippen LogP contribution in [0.15, 0.2) is 36.4 Å². The van der Waals surface area contributed by atoms with Crippen LogP contribution >= 0.6 is 0 Å². The Kier molecular flexibility index (Phi) is 2.69. The van der Waals surface area contributed by atoms with Crippen LogP contribution in [0.25, 0.3) is 6.08 Å². The first-order valence-corrected chi connectivity index (χ1v) is 5.25. The molecule has 0 heterocycles. The summed E-state index contributed by atoms with van der Waals surface area (Å²) in [4.78, 5) is 0. The van der Waals surface area contributed by atoms with Gasteiger partial charge in [-0.05, 0) is 25.3 Å². The molecule has 0 spiro atoms. The third-order valence-electron chi connectivity index (χ3n) is 2.76. The largest absolute Gasteiger partial charge is 0.308 e. The molecule has 1 saturated carbocycles. The number of rotatable bonds is 4. The maximum Gasteiger partial charge on any atom is 0.0157 e. The third kappa shape index (κ3) is 2.71. The van der Waals surface area contributed by atoms with E-state index in [1.165, 1.54) is 18.4 Å². The molecule has 0 atom stereocenters. The maximum absolute atomic E-state index is 3.52. The summed E-state index contributed by atoms with van der Waals surface area (Å²) in [7, 11) is 0. The van der Waals surface area contributed by atoms with Gasteiger partial charge in [0.05, 0.1) is 0 Å². The monoisotopic (exact) mass is 187 g/mol. The second-order valence-electron chi connectivity index (χ2n) is 4.25. The molecule has 1 aromatic rings. The first-order chi connectivity index (χ1) is 6.79. The molecular weight excluding hydrogens is 170 g/mol. The van der Waals surface area contributed by atoms with Gasteiger partial charge in [0.15, 0.2) is 0 Å². The highest BCUT2D eigenvalue weighted by Gasteiger charge is 2.35. The molecule has 0 aromatic heterocycles. The van der Waals surface area contributed by atoms with Crippen LogP contribution in [0.2, 0.25) is 0 Å². The highest BCUT2D eigenvalue weighted by molar-refractivity contribution is 5.48. The molecule has 1 aromatic carbocycles. The summed E-state index contributed by atoms with van der Waals surface area (Å²) in [5.74, 6) is 0. The third-order valence-corrected chi connectivity index (χ3v) is 2.76. The van der Waals surface area contributed by atoms with E-state index in [1.54, 1.807) is 0 Å². The summed E-state index contributed by atoms with van der Waals surface area (Å²) >= 11 is 0. The van der Waals surface area contributed by atoms with E-state index in [0.29, 0.717) is 5.54 Å². The van der Waals surface area contributed by atoms with Gasteiger partial charge in [-0.25, -0.2) is 0 Å². The van der Waals surface area contributed by atoms with Crippen molar-refractivity contribution in [3.05, 3.63) is 42.0 Å². The fourth-order valence-electron chi connectivity index (χ4n) is 1.43. The highest BCUT2D eigenvalue weighted by atomic mass is 15.0. The van der Waals surface area contributed by atoms with Gasteiger partial charge in [0.2, 0.25) is 0 Å². The molecule has 0 radical (unpaired) electrons. The van der Waals surface area contributed by atoms with Crippen molar-refractivity contribution in [3.8, 4) is 0 Å². The van der Waals surface area contributed by atoms with E-state index in [9.17, 15) is 0 Å². The van der Waals surface area contributed by atoms with Gasteiger partial charge in [-0.3, -0.25) is 0 Å². The minimum absolute atomic E-state index is 0.445. The van der Waals surface area contributed by atoms with Crippen molar-refractivity contribution in [1.29, 1.82) is 0 Å². The van der Waals surface area contributed by atoms with Crippen molar-refractivity contribution < 1.29 is 0 Å². The van der Waals surface area contributed by atoms with Crippen molar-refractivity contribution in [2.24, 2.45) is 0 Å². The molecule has 1 N–H and O–H groups in total. The Bertz CT molecular complexity index is 309. The van der Waals surface area contributed by atoms with Gasteiger partial charge >= 0.3 is 0 Å². The smallest absolute Gasteiger partial charge is 0.0157 e. The van der Waals surface area contributed by atoms with E-state index in [2.05, 4.69) is 48.7 Å². The van der Waals surface area contributed by atoms with E-state index in [1.807, 2.05) is 6.07 Å². The molecule has 1 fully saturated rings. The van der Waals surface area contributed by atoms with Crippen LogP contribution in [0.3, 0.4) is 0 Å². The van der Waals surface area contributed by atoms with Crippen molar-refractivity contribution in [3.63, 3.8) is 0 Å². The molecule has 0 unspecified atom stereocenters. The van der Waals surface area contributed by atoms with E-state index in [-0.39, 0.29) is 0 Å². The minimum atomic E-state index is 0.445. The van der Waals surface area contributed by atoms with Crippen LogP contribution in [0.5, 0.6) is 0 Å². The Labute approximate surface area is 85.8 Å². The van der Waals surface area contributed by atoms with Gasteiger partial charge in [-0.2, -0.15) is 0 Å². The maximum atomic E-state index is 3.52. The molecule has 1 aliphatic rings. The van der Waals surface area contributed by atoms with Gasteiger partial charge in [0.25, 0.3) is 0 Å². The van der Waals surface area contributed by atoms with E-state index in [4.69, 9.17) is 0 Å². The minimum Gasteiger partial charge on any atom is -0.308 e. The zero-order chi connectivity index (χ0) is 9.86. The Balaban J connectivity index is 1.77. The number of hydrogen-bond acceptors (Lipinski definition) is 1. The number of nitrogens with one attached hydrogen (secondary N) is 1. The Morgan fingerprint density at radius 1 is 1.29 bits per heavy atom. The molecule has 0 amide bonds. The average Bonchev–Trinajstić information content (AvgIpc) is 2.94. The summed E-state index contributed by atoms with van der Waals surface area (Å²) in [6, 6.07) is 10.4. The second kappa shape index (κ2) is 3.97. The van der Waals surface area contributed by atoms with Crippen molar-refractivity contribution in [1.82, 2.24) is 5.32 Å². The Morgan fingerprint density at radius 3 is 2.64 bits per heavy atom. The first kappa shape index (κ1) is 9.47. The fraction of sp³-hybridized carbons (Fsp3) is 0.385. The lowest BCUT2D eigenvalue weighted by molar-refractivity contribution is 0.576.